The number of aryl methyl sites for hydroxylation is 1. The summed E-state index contributed by atoms with van der Waals surface area (Å²) in [6, 6.07) is 14.0. The number of carbonyl (C=O) groups is 1. The molecule has 166 valence electrons. The number of piperidine rings is 1. The zero-order chi connectivity index (χ0) is 22.7. The van der Waals surface area contributed by atoms with Gasteiger partial charge in [0, 0.05) is 55.7 Å². The Labute approximate surface area is 194 Å². The van der Waals surface area contributed by atoms with Crippen LogP contribution in [0.2, 0.25) is 5.02 Å². The third kappa shape index (κ3) is 5.25. The number of pyridine rings is 1. The molecule has 1 amide bonds. The first-order chi connectivity index (χ1) is 15.4. The average Bonchev–Trinajstić information content (AvgIpc) is 2.79. The molecule has 3 heterocycles. The zero-order valence-electron chi connectivity index (χ0n) is 18.8. The first kappa shape index (κ1) is 22.2. The number of carbonyl (C=O) groups excluding carboxylic acids is 1. The third-order valence-electron chi connectivity index (χ3n) is 5.81. The van der Waals surface area contributed by atoms with Crippen LogP contribution in [-0.4, -0.2) is 52.9 Å². The highest BCUT2D eigenvalue weighted by molar-refractivity contribution is 6.30. The molecule has 7 heteroatoms. The molecule has 0 radical (unpaired) electrons. The van der Waals surface area contributed by atoms with Crippen LogP contribution in [0, 0.1) is 6.92 Å². The van der Waals surface area contributed by atoms with Crippen LogP contribution in [0.4, 0.5) is 5.95 Å². The van der Waals surface area contributed by atoms with Gasteiger partial charge in [-0.15, -0.1) is 0 Å². The zero-order valence-corrected chi connectivity index (χ0v) is 19.5. The van der Waals surface area contributed by atoms with Crippen molar-refractivity contribution in [1.82, 2.24) is 19.9 Å². The van der Waals surface area contributed by atoms with Crippen molar-refractivity contribution in [3.8, 4) is 0 Å². The topological polar surface area (TPSA) is 62.2 Å². The number of benzene rings is 1. The van der Waals surface area contributed by atoms with Gasteiger partial charge in [0.05, 0.1) is 0 Å². The lowest BCUT2D eigenvalue weighted by molar-refractivity contribution is 0.0706. The van der Waals surface area contributed by atoms with E-state index in [1.54, 1.807) is 6.07 Å². The average molecular weight is 450 g/mol. The Balaban J connectivity index is 1.37. The molecule has 1 aliphatic heterocycles. The van der Waals surface area contributed by atoms with Crippen molar-refractivity contribution in [2.24, 2.45) is 0 Å². The van der Waals surface area contributed by atoms with Crippen LogP contribution < -0.4 is 4.90 Å². The van der Waals surface area contributed by atoms with Gasteiger partial charge in [0.2, 0.25) is 5.95 Å². The van der Waals surface area contributed by atoms with Crippen LogP contribution in [0.3, 0.4) is 0 Å². The Morgan fingerprint density at radius 2 is 1.88 bits per heavy atom. The second-order valence-corrected chi connectivity index (χ2v) is 8.99. The number of halogens is 1. The summed E-state index contributed by atoms with van der Waals surface area (Å²) in [4.78, 5) is 30.3. The fraction of sp³-hybridized carbons (Fsp3) is 0.360. The summed E-state index contributed by atoms with van der Waals surface area (Å²) in [5.41, 5.74) is 4.70. The van der Waals surface area contributed by atoms with Crippen molar-refractivity contribution in [2.75, 3.05) is 32.1 Å². The highest BCUT2D eigenvalue weighted by Crippen LogP contribution is 2.28. The van der Waals surface area contributed by atoms with E-state index in [1.165, 1.54) is 11.1 Å². The maximum Gasteiger partial charge on any atom is 0.272 e. The lowest BCUT2D eigenvalue weighted by atomic mass is 9.92. The van der Waals surface area contributed by atoms with Gasteiger partial charge in [-0.3, -0.25) is 9.78 Å². The normalized spacial score (nSPS) is 14.4. The Morgan fingerprint density at radius 1 is 1.09 bits per heavy atom. The quantitative estimate of drug-likeness (QED) is 0.573. The lowest BCUT2D eigenvalue weighted by Gasteiger charge is -2.31. The van der Waals surface area contributed by atoms with E-state index in [-0.39, 0.29) is 5.91 Å². The summed E-state index contributed by atoms with van der Waals surface area (Å²) in [5, 5.41) is 0.753. The number of likely N-dealkylation sites (tertiary alicyclic amines) is 1. The lowest BCUT2D eigenvalue weighted by Crippen LogP contribution is -2.38. The molecular weight excluding hydrogens is 422 g/mol. The van der Waals surface area contributed by atoms with E-state index in [0.717, 1.165) is 35.7 Å². The van der Waals surface area contributed by atoms with Crippen molar-refractivity contribution in [1.29, 1.82) is 0 Å². The van der Waals surface area contributed by atoms with Gasteiger partial charge >= 0.3 is 0 Å². The summed E-state index contributed by atoms with van der Waals surface area (Å²) in [6.07, 6.45) is 4.57. The van der Waals surface area contributed by atoms with Crippen LogP contribution in [0.25, 0.3) is 0 Å². The van der Waals surface area contributed by atoms with Gasteiger partial charge < -0.3 is 9.80 Å². The van der Waals surface area contributed by atoms with E-state index in [1.807, 2.05) is 55.2 Å². The fourth-order valence-electron chi connectivity index (χ4n) is 4.07. The molecule has 0 N–H and O–H groups in total. The molecule has 1 aliphatic rings. The van der Waals surface area contributed by atoms with Crippen molar-refractivity contribution < 1.29 is 4.79 Å². The van der Waals surface area contributed by atoms with Crippen molar-refractivity contribution >= 4 is 23.5 Å². The number of anilines is 1. The van der Waals surface area contributed by atoms with E-state index < -0.39 is 0 Å². The SMILES string of the molecule is Cc1cc(C(=O)N2CCC(c3ccc(Cc4cccc(Cl)c4)cn3)CC2)nc(N(C)C)n1. The molecule has 1 saturated heterocycles. The monoisotopic (exact) mass is 449 g/mol. The molecule has 0 saturated carbocycles. The van der Waals surface area contributed by atoms with E-state index in [9.17, 15) is 4.79 Å². The minimum Gasteiger partial charge on any atom is -0.347 e. The molecule has 1 aromatic carbocycles. The highest BCUT2D eigenvalue weighted by atomic mass is 35.5. The summed E-state index contributed by atoms with van der Waals surface area (Å²) < 4.78 is 0. The minimum atomic E-state index is -0.0260. The predicted octanol–water partition coefficient (Wildman–Crippen LogP) is 4.51. The first-order valence-electron chi connectivity index (χ1n) is 10.9. The van der Waals surface area contributed by atoms with Crippen molar-refractivity contribution in [3.63, 3.8) is 0 Å². The van der Waals surface area contributed by atoms with Gasteiger partial charge in [-0.1, -0.05) is 29.8 Å². The number of nitrogens with zero attached hydrogens (tertiary/aromatic N) is 5. The maximum absolute atomic E-state index is 13.0. The predicted molar refractivity (Wildman–Crippen MR) is 127 cm³/mol. The summed E-state index contributed by atoms with van der Waals surface area (Å²) in [7, 11) is 3.75. The summed E-state index contributed by atoms with van der Waals surface area (Å²) in [5.74, 6) is 0.899. The number of hydrogen-bond donors (Lipinski definition) is 0. The van der Waals surface area contributed by atoms with Gasteiger partial charge in [-0.2, -0.15) is 0 Å². The van der Waals surface area contributed by atoms with E-state index in [0.29, 0.717) is 30.6 Å². The summed E-state index contributed by atoms with van der Waals surface area (Å²) in [6.45, 7) is 3.30. The minimum absolute atomic E-state index is 0.0260. The van der Waals surface area contributed by atoms with E-state index >= 15 is 0 Å². The molecule has 0 aliphatic carbocycles. The van der Waals surface area contributed by atoms with Crippen molar-refractivity contribution in [2.45, 2.75) is 32.1 Å². The van der Waals surface area contributed by atoms with Crippen molar-refractivity contribution in [3.05, 3.63) is 81.9 Å². The van der Waals surface area contributed by atoms with Gasteiger partial charge in [0.15, 0.2) is 0 Å². The molecule has 0 unspecified atom stereocenters. The molecule has 6 nitrogen and oxygen atoms in total. The van der Waals surface area contributed by atoms with Crippen LogP contribution >= 0.6 is 11.6 Å². The largest absolute Gasteiger partial charge is 0.347 e. The number of aromatic nitrogens is 3. The van der Waals surface area contributed by atoms with Gasteiger partial charge in [-0.25, -0.2) is 9.97 Å². The molecule has 0 bridgehead atoms. The van der Waals surface area contributed by atoms with E-state index in [4.69, 9.17) is 16.6 Å². The molecule has 2 aromatic heterocycles. The fourth-order valence-corrected chi connectivity index (χ4v) is 4.28. The Morgan fingerprint density at radius 3 is 2.53 bits per heavy atom. The standard InChI is InChI=1S/C25H28ClN5O/c1-17-13-23(29-25(28-17)30(2)3)24(32)31-11-9-20(10-12-31)22-8-7-19(16-27-22)14-18-5-4-6-21(26)15-18/h4-8,13,15-16,20H,9-12,14H2,1-3H3. The molecule has 4 rings (SSSR count). The molecule has 1 fully saturated rings. The number of rotatable bonds is 5. The molecule has 32 heavy (non-hydrogen) atoms. The Kier molecular flexibility index (Phi) is 6.70. The highest BCUT2D eigenvalue weighted by Gasteiger charge is 2.26. The van der Waals surface area contributed by atoms with Crippen LogP contribution in [0.5, 0.6) is 0 Å². The van der Waals surface area contributed by atoms with Gasteiger partial charge in [0.1, 0.15) is 5.69 Å². The second-order valence-electron chi connectivity index (χ2n) is 8.55. The van der Waals surface area contributed by atoms with Crippen LogP contribution in [-0.2, 0) is 6.42 Å². The Bertz CT molecular complexity index is 1090. The number of hydrogen-bond acceptors (Lipinski definition) is 5. The Hall–Kier alpha value is -2.99. The van der Waals surface area contributed by atoms with Crippen LogP contribution in [0.1, 0.15) is 51.8 Å². The van der Waals surface area contributed by atoms with Crippen LogP contribution in [0.15, 0.2) is 48.7 Å². The maximum atomic E-state index is 13.0. The van der Waals surface area contributed by atoms with Gasteiger partial charge in [0.25, 0.3) is 5.91 Å². The molecular formula is C25H28ClN5O. The molecule has 3 aromatic rings. The molecule has 0 atom stereocenters. The third-order valence-corrected chi connectivity index (χ3v) is 6.04. The molecule has 0 spiro atoms. The summed E-state index contributed by atoms with van der Waals surface area (Å²) >= 11 is 6.09. The smallest absolute Gasteiger partial charge is 0.272 e. The van der Waals surface area contributed by atoms with Gasteiger partial charge in [-0.05, 0) is 61.6 Å². The number of amides is 1. The second kappa shape index (κ2) is 9.65. The van der Waals surface area contributed by atoms with E-state index in [2.05, 4.69) is 28.2 Å². The first-order valence-corrected chi connectivity index (χ1v) is 11.3.